The zero-order valence-electron chi connectivity index (χ0n) is 6.52. The summed E-state index contributed by atoms with van der Waals surface area (Å²) in [6.45, 7) is 4.77. The quantitative estimate of drug-likeness (QED) is 0.417. The average Bonchev–Trinajstić information content (AvgIpc) is 2.35. The van der Waals surface area contributed by atoms with Crippen molar-refractivity contribution in [2.75, 3.05) is 0 Å². The Morgan fingerprint density at radius 3 is 1.90 bits per heavy atom. The van der Waals surface area contributed by atoms with Crippen molar-refractivity contribution in [3.8, 4) is 0 Å². The maximum Gasteiger partial charge on any atom is 0.0270 e. The number of alkyl halides is 1. The van der Waals surface area contributed by atoms with Crippen LogP contribution in [-0.2, 0) is 0 Å². The molecule has 0 aliphatic heterocycles. The molecule has 0 spiro atoms. The fourth-order valence-electron chi connectivity index (χ4n) is 2.21. The van der Waals surface area contributed by atoms with E-state index >= 15 is 0 Å². The molecule has 3 atom stereocenters. The van der Waals surface area contributed by atoms with E-state index in [2.05, 4.69) is 41.9 Å². The van der Waals surface area contributed by atoms with E-state index in [0.717, 1.165) is 4.83 Å². The third kappa shape index (κ3) is 0.538. The van der Waals surface area contributed by atoms with E-state index in [1.165, 1.54) is 12.8 Å². The Labute approximate surface area is 70.8 Å². The van der Waals surface area contributed by atoms with Crippen molar-refractivity contribution in [3.05, 3.63) is 12.2 Å². The summed E-state index contributed by atoms with van der Waals surface area (Å²) in [5.74, 6) is 0. The minimum absolute atomic E-state index is 0.571. The van der Waals surface area contributed by atoms with E-state index < -0.39 is 0 Å². The Bertz CT molecular complexity index is 177. The highest BCUT2D eigenvalue weighted by atomic mass is 79.9. The van der Waals surface area contributed by atoms with Crippen LogP contribution >= 0.6 is 15.9 Å². The lowest BCUT2D eigenvalue weighted by molar-refractivity contribution is 0.380. The molecule has 0 aromatic heterocycles. The van der Waals surface area contributed by atoms with Gasteiger partial charge in [0.05, 0.1) is 0 Å². The molecule has 0 saturated heterocycles. The molecule has 2 aliphatic carbocycles. The van der Waals surface area contributed by atoms with Crippen LogP contribution in [0.3, 0.4) is 0 Å². The molecular formula is C9H13Br. The topological polar surface area (TPSA) is 0 Å². The molecule has 10 heavy (non-hydrogen) atoms. The molecule has 0 aromatic rings. The van der Waals surface area contributed by atoms with Gasteiger partial charge in [0, 0.05) is 4.83 Å². The Balaban J connectivity index is 2.31. The first-order valence-corrected chi connectivity index (χ1v) is 4.82. The minimum atomic E-state index is 0.571. The van der Waals surface area contributed by atoms with Crippen LogP contribution in [0.5, 0.6) is 0 Å². The summed E-state index contributed by atoms with van der Waals surface area (Å²) in [7, 11) is 0. The van der Waals surface area contributed by atoms with Gasteiger partial charge in [-0.2, -0.15) is 0 Å². The Kier molecular flexibility index (Phi) is 1.16. The van der Waals surface area contributed by atoms with Gasteiger partial charge in [0.25, 0.3) is 0 Å². The molecule has 0 aromatic carbocycles. The first-order chi connectivity index (χ1) is 4.61. The van der Waals surface area contributed by atoms with Crippen molar-refractivity contribution in [1.29, 1.82) is 0 Å². The van der Waals surface area contributed by atoms with Gasteiger partial charge in [-0.3, -0.25) is 0 Å². The van der Waals surface area contributed by atoms with Crippen LogP contribution in [0.1, 0.15) is 26.7 Å². The third-order valence-corrected chi connectivity index (χ3v) is 5.61. The number of rotatable bonds is 0. The number of hydrogen-bond donors (Lipinski definition) is 0. The predicted octanol–water partition coefficient (Wildman–Crippen LogP) is 3.13. The molecule has 0 radical (unpaired) electrons. The highest BCUT2D eigenvalue weighted by Gasteiger charge is 2.68. The van der Waals surface area contributed by atoms with E-state index in [-0.39, 0.29) is 0 Å². The van der Waals surface area contributed by atoms with Gasteiger partial charge in [0.1, 0.15) is 0 Å². The Hall–Kier alpha value is 0.220. The van der Waals surface area contributed by atoms with E-state index in [1.54, 1.807) is 0 Å². The van der Waals surface area contributed by atoms with Crippen LogP contribution in [-0.4, -0.2) is 4.83 Å². The Morgan fingerprint density at radius 2 is 1.60 bits per heavy atom. The van der Waals surface area contributed by atoms with Gasteiger partial charge >= 0.3 is 0 Å². The first-order valence-electron chi connectivity index (χ1n) is 3.90. The lowest BCUT2D eigenvalue weighted by Gasteiger charge is -2.18. The van der Waals surface area contributed by atoms with Crippen LogP contribution < -0.4 is 0 Å². The number of hydrogen-bond acceptors (Lipinski definition) is 0. The normalized spacial score (nSPS) is 58.1. The molecule has 1 saturated carbocycles. The summed E-state index contributed by atoms with van der Waals surface area (Å²) in [5, 5.41) is 0. The molecule has 0 amide bonds. The SMILES string of the molecule is C[C@@]12CC=CC[C@]1(C)C2Br. The summed E-state index contributed by atoms with van der Waals surface area (Å²) in [6.07, 6.45) is 7.17. The van der Waals surface area contributed by atoms with Gasteiger partial charge in [-0.25, -0.2) is 0 Å². The van der Waals surface area contributed by atoms with Gasteiger partial charge in [0.2, 0.25) is 0 Å². The van der Waals surface area contributed by atoms with Crippen molar-refractivity contribution in [3.63, 3.8) is 0 Å². The largest absolute Gasteiger partial charge is 0.0879 e. The van der Waals surface area contributed by atoms with Crippen molar-refractivity contribution < 1.29 is 0 Å². The van der Waals surface area contributed by atoms with Crippen LogP contribution in [0.4, 0.5) is 0 Å². The molecule has 1 heteroatoms. The van der Waals surface area contributed by atoms with E-state index in [1.807, 2.05) is 0 Å². The highest BCUT2D eigenvalue weighted by Crippen LogP contribution is 2.72. The fourth-order valence-corrected chi connectivity index (χ4v) is 3.50. The standard InChI is InChI=1S/C9H13Br/c1-8-5-3-4-6-9(8,2)7(8)10/h3-4,7H,5-6H2,1-2H3/t7?,8-,9+. The third-order valence-electron chi connectivity index (χ3n) is 3.59. The zero-order valence-corrected chi connectivity index (χ0v) is 8.11. The van der Waals surface area contributed by atoms with E-state index in [0.29, 0.717) is 10.8 Å². The smallest absolute Gasteiger partial charge is 0.0270 e. The lowest BCUT2D eigenvalue weighted by Crippen LogP contribution is -2.08. The molecule has 1 unspecified atom stereocenters. The molecule has 2 aliphatic rings. The van der Waals surface area contributed by atoms with Gasteiger partial charge < -0.3 is 0 Å². The van der Waals surface area contributed by atoms with Crippen LogP contribution in [0.2, 0.25) is 0 Å². The van der Waals surface area contributed by atoms with Crippen molar-refractivity contribution in [2.24, 2.45) is 10.8 Å². The molecule has 0 heterocycles. The van der Waals surface area contributed by atoms with Gasteiger partial charge in [0.15, 0.2) is 0 Å². The molecule has 56 valence electrons. The second-order valence-electron chi connectivity index (χ2n) is 4.08. The van der Waals surface area contributed by atoms with Crippen LogP contribution in [0.25, 0.3) is 0 Å². The second-order valence-corrected chi connectivity index (χ2v) is 4.99. The zero-order chi connectivity index (χ0) is 7.41. The highest BCUT2D eigenvalue weighted by molar-refractivity contribution is 9.09. The summed E-state index contributed by atoms with van der Waals surface area (Å²) >= 11 is 3.75. The predicted molar refractivity (Wildman–Crippen MR) is 47.3 cm³/mol. The second kappa shape index (κ2) is 1.69. The maximum atomic E-state index is 3.75. The van der Waals surface area contributed by atoms with Crippen LogP contribution in [0.15, 0.2) is 12.2 Å². The summed E-state index contributed by atoms with van der Waals surface area (Å²) < 4.78 is 0. The number of allylic oxidation sites excluding steroid dienone is 2. The van der Waals surface area contributed by atoms with Gasteiger partial charge in [-0.05, 0) is 23.7 Å². The van der Waals surface area contributed by atoms with Gasteiger partial charge in [-0.15, -0.1) is 0 Å². The Morgan fingerprint density at radius 1 is 1.20 bits per heavy atom. The molecule has 2 rings (SSSR count). The fraction of sp³-hybridized carbons (Fsp3) is 0.778. The summed E-state index contributed by atoms with van der Waals surface area (Å²) in [6, 6.07) is 0. The minimum Gasteiger partial charge on any atom is -0.0879 e. The van der Waals surface area contributed by atoms with Gasteiger partial charge in [-0.1, -0.05) is 41.9 Å². The molecular weight excluding hydrogens is 188 g/mol. The molecule has 0 bridgehead atoms. The first kappa shape index (κ1) is 6.90. The molecule has 0 nitrogen and oxygen atoms in total. The summed E-state index contributed by atoms with van der Waals surface area (Å²) in [5.41, 5.74) is 1.14. The van der Waals surface area contributed by atoms with Crippen LogP contribution in [0, 0.1) is 10.8 Å². The summed E-state index contributed by atoms with van der Waals surface area (Å²) in [4.78, 5) is 0.752. The number of fused-ring (bicyclic) bond motifs is 1. The van der Waals surface area contributed by atoms with Crippen molar-refractivity contribution >= 4 is 15.9 Å². The average molecular weight is 201 g/mol. The number of halogens is 1. The van der Waals surface area contributed by atoms with Crippen molar-refractivity contribution in [2.45, 2.75) is 31.5 Å². The van der Waals surface area contributed by atoms with E-state index in [9.17, 15) is 0 Å². The molecule has 0 N–H and O–H groups in total. The lowest BCUT2D eigenvalue weighted by atomic mass is 9.86. The van der Waals surface area contributed by atoms with E-state index in [4.69, 9.17) is 0 Å². The monoisotopic (exact) mass is 200 g/mol. The maximum absolute atomic E-state index is 3.75. The molecule has 1 fully saturated rings. The van der Waals surface area contributed by atoms with Crippen molar-refractivity contribution in [1.82, 2.24) is 0 Å².